The minimum absolute atomic E-state index is 0.0156. The molecule has 4 N–H and O–H groups in total. The number of rotatable bonds is 3. The van der Waals surface area contributed by atoms with Crippen molar-refractivity contribution >= 4 is 17.3 Å². The Morgan fingerprint density at radius 1 is 1.21 bits per heavy atom. The van der Waals surface area contributed by atoms with Crippen LogP contribution in [-0.4, -0.2) is 10.9 Å². The Labute approximate surface area is 107 Å². The summed E-state index contributed by atoms with van der Waals surface area (Å²) in [5, 5.41) is 2.13. The Bertz CT molecular complexity index is 598. The van der Waals surface area contributed by atoms with E-state index in [1.165, 1.54) is 18.3 Å². The van der Waals surface area contributed by atoms with Gasteiger partial charge in [-0.05, 0) is 24.3 Å². The molecule has 0 radical (unpaired) electrons. The summed E-state index contributed by atoms with van der Waals surface area (Å²) in [5.74, 6) is 2.74. The number of carbonyl (C=O) groups excluding carboxylic acids is 1. The van der Waals surface area contributed by atoms with Crippen molar-refractivity contribution in [1.82, 2.24) is 4.98 Å². The zero-order valence-corrected chi connectivity index (χ0v) is 9.65. The van der Waals surface area contributed by atoms with Gasteiger partial charge >= 0.3 is 0 Å². The Kier molecular flexibility index (Phi) is 3.67. The number of amides is 1. The van der Waals surface area contributed by atoms with E-state index in [-0.39, 0.29) is 5.69 Å². The fraction of sp³-hybridized carbons (Fsp3) is 0. The molecule has 0 fully saturated rings. The second kappa shape index (κ2) is 5.40. The predicted octanol–water partition coefficient (Wildman–Crippen LogP) is 1.90. The van der Waals surface area contributed by atoms with Crippen LogP contribution in [0.1, 0.15) is 10.5 Å². The van der Waals surface area contributed by atoms with Crippen molar-refractivity contribution in [2.24, 2.45) is 5.84 Å². The first-order valence-corrected chi connectivity index (χ1v) is 5.30. The number of hydrogen-bond donors (Lipinski definition) is 3. The van der Waals surface area contributed by atoms with Crippen LogP contribution in [-0.2, 0) is 0 Å². The van der Waals surface area contributed by atoms with Gasteiger partial charge in [0.2, 0.25) is 0 Å². The van der Waals surface area contributed by atoms with Crippen molar-refractivity contribution in [1.29, 1.82) is 0 Å². The van der Waals surface area contributed by atoms with Crippen LogP contribution in [0.15, 0.2) is 36.5 Å². The fourth-order valence-corrected chi connectivity index (χ4v) is 1.44. The molecule has 1 aromatic heterocycles. The van der Waals surface area contributed by atoms with Crippen molar-refractivity contribution in [2.45, 2.75) is 0 Å². The first-order chi connectivity index (χ1) is 9.11. The van der Waals surface area contributed by atoms with Crippen molar-refractivity contribution in [3.63, 3.8) is 0 Å². The molecule has 5 nitrogen and oxygen atoms in total. The van der Waals surface area contributed by atoms with Crippen LogP contribution in [0.2, 0.25) is 0 Å². The van der Waals surface area contributed by atoms with Gasteiger partial charge in [-0.2, -0.15) is 0 Å². The number of hydrazine groups is 1. The van der Waals surface area contributed by atoms with E-state index in [0.29, 0.717) is 5.69 Å². The third kappa shape index (κ3) is 2.83. The Balaban J connectivity index is 2.25. The highest BCUT2D eigenvalue weighted by Crippen LogP contribution is 2.19. The highest BCUT2D eigenvalue weighted by molar-refractivity contribution is 6.03. The number of nitrogen functional groups attached to an aromatic ring is 1. The first kappa shape index (κ1) is 12.9. The lowest BCUT2D eigenvalue weighted by molar-refractivity contribution is 0.102. The van der Waals surface area contributed by atoms with E-state index >= 15 is 0 Å². The molecule has 2 rings (SSSR count). The number of nitrogens with two attached hydrogens (primary N) is 1. The quantitative estimate of drug-likeness (QED) is 0.584. The number of pyridine rings is 1. The maximum atomic E-state index is 13.4. The molecule has 98 valence electrons. The van der Waals surface area contributed by atoms with Gasteiger partial charge < -0.3 is 10.7 Å². The summed E-state index contributed by atoms with van der Waals surface area (Å²) in [7, 11) is 0. The molecule has 0 aliphatic rings. The average molecular weight is 264 g/mol. The number of halogens is 2. The molecule has 0 unspecified atom stereocenters. The Morgan fingerprint density at radius 3 is 2.53 bits per heavy atom. The van der Waals surface area contributed by atoms with Gasteiger partial charge in [0, 0.05) is 6.20 Å². The van der Waals surface area contributed by atoms with Gasteiger partial charge in [-0.25, -0.2) is 8.78 Å². The molecule has 2 aromatic rings. The van der Waals surface area contributed by atoms with Crippen LogP contribution in [0.4, 0.5) is 20.2 Å². The standard InChI is InChI=1S/C12H10F2N4O/c13-8-2-1-3-9(14)11(8)17-12(19)10-6-7(18-15)4-5-16-10/h1-6H,15H2,(H,16,18)(H,17,19). The van der Waals surface area contributed by atoms with Crippen molar-refractivity contribution in [3.8, 4) is 0 Å². The molecular formula is C12H10F2N4O. The van der Waals surface area contributed by atoms with E-state index in [0.717, 1.165) is 12.1 Å². The summed E-state index contributed by atoms with van der Waals surface area (Å²) in [6.45, 7) is 0. The van der Waals surface area contributed by atoms with Crippen molar-refractivity contribution < 1.29 is 13.6 Å². The molecule has 19 heavy (non-hydrogen) atoms. The summed E-state index contributed by atoms with van der Waals surface area (Å²) >= 11 is 0. The minimum atomic E-state index is -0.860. The molecule has 0 saturated heterocycles. The number of carbonyl (C=O) groups is 1. The van der Waals surface area contributed by atoms with Gasteiger partial charge in [0.25, 0.3) is 5.91 Å². The summed E-state index contributed by atoms with van der Waals surface area (Å²) in [6.07, 6.45) is 1.35. The van der Waals surface area contributed by atoms with E-state index in [4.69, 9.17) is 5.84 Å². The number of nitrogens with zero attached hydrogens (tertiary/aromatic N) is 1. The lowest BCUT2D eigenvalue weighted by Crippen LogP contribution is -2.16. The molecule has 0 aliphatic heterocycles. The van der Waals surface area contributed by atoms with Gasteiger partial charge in [0.1, 0.15) is 23.0 Å². The van der Waals surface area contributed by atoms with Crippen LogP contribution < -0.4 is 16.6 Å². The second-order valence-electron chi connectivity index (χ2n) is 3.62. The van der Waals surface area contributed by atoms with Crippen LogP contribution in [0.25, 0.3) is 0 Å². The molecule has 0 aliphatic carbocycles. The maximum Gasteiger partial charge on any atom is 0.274 e. The third-order valence-corrected chi connectivity index (χ3v) is 2.36. The summed E-state index contributed by atoms with van der Waals surface area (Å²) in [5.41, 5.74) is 2.26. The Hall–Kier alpha value is -2.54. The minimum Gasteiger partial charge on any atom is -0.324 e. The maximum absolute atomic E-state index is 13.4. The van der Waals surface area contributed by atoms with Crippen LogP contribution in [0, 0.1) is 11.6 Å². The van der Waals surface area contributed by atoms with Crippen LogP contribution in [0.5, 0.6) is 0 Å². The summed E-state index contributed by atoms with van der Waals surface area (Å²) in [4.78, 5) is 15.6. The lowest BCUT2D eigenvalue weighted by Gasteiger charge is -2.07. The molecule has 1 amide bonds. The topological polar surface area (TPSA) is 80.0 Å². The number of nitrogens with one attached hydrogen (secondary N) is 2. The Morgan fingerprint density at radius 2 is 1.89 bits per heavy atom. The second-order valence-corrected chi connectivity index (χ2v) is 3.62. The van der Waals surface area contributed by atoms with Gasteiger partial charge in [-0.3, -0.25) is 15.6 Å². The molecule has 1 aromatic carbocycles. The van der Waals surface area contributed by atoms with E-state index in [1.54, 1.807) is 6.07 Å². The average Bonchev–Trinajstić information content (AvgIpc) is 2.43. The fourth-order valence-electron chi connectivity index (χ4n) is 1.44. The number of anilines is 2. The first-order valence-electron chi connectivity index (χ1n) is 5.30. The number of benzene rings is 1. The molecule has 0 bridgehead atoms. The largest absolute Gasteiger partial charge is 0.324 e. The van der Waals surface area contributed by atoms with Crippen LogP contribution in [0.3, 0.4) is 0 Å². The van der Waals surface area contributed by atoms with E-state index < -0.39 is 23.2 Å². The van der Waals surface area contributed by atoms with E-state index in [9.17, 15) is 13.6 Å². The third-order valence-electron chi connectivity index (χ3n) is 2.36. The van der Waals surface area contributed by atoms with E-state index in [2.05, 4.69) is 15.7 Å². The monoisotopic (exact) mass is 264 g/mol. The van der Waals surface area contributed by atoms with Gasteiger partial charge in [0.05, 0.1) is 5.69 Å². The smallest absolute Gasteiger partial charge is 0.274 e. The van der Waals surface area contributed by atoms with Gasteiger partial charge in [0.15, 0.2) is 0 Å². The van der Waals surface area contributed by atoms with Gasteiger partial charge in [-0.1, -0.05) is 6.07 Å². The molecule has 0 spiro atoms. The predicted molar refractivity (Wildman–Crippen MR) is 66.4 cm³/mol. The lowest BCUT2D eigenvalue weighted by atomic mass is 10.2. The normalized spacial score (nSPS) is 10.1. The van der Waals surface area contributed by atoms with E-state index in [1.807, 2.05) is 0 Å². The van der Waals surface area contributed by atoms with Crippen molar-refractivity contribution in [3.05, 3.63) is 53.9 Å². The zero-order valence-electron chi connectivity index (χ0n) is 9.65. The SMILES string of the molecule is NNc1ccnc(C(=O)Nc2c(F)cccc2F)c1. The number of aromatic nitrogens is 1. The molecule has 0 atom stereocenters. The zero-order chi connectivity index (χ0) is 13.8. The highest BCUT2D eigenvalue weighted by atomic mass is 19.1. The van der Waals surface area contributed by atoms with Crippen LogP contribution >= 0.6 is 0 Å². The summed E-state index contributed by atoms with van der Waals surface area (Å²) in [6, 6.07) is 6.19. The molecule has 1 heterocycles. The summed E-state index contributed by atoms with van der Waals surface area (Å²) < 4.78 is 26.7. The molecular weight excluding hydrogens is 254 g/mol. The molecule has 7 heteroatoms. The van der Waals surface area contributed by atoms with Crippen molar-refractivity contribution in [2.75, 3.05) is 10.7 Å². The van der Waals surface area contributed by atoms with Gasteiger partial charge in [-0.15, -0.1) is 0 Å². The highest BCUT2D eigenvalue weighted by Gasteiger charge is 2.14. The number of para-hydroxylation sites is 1. The molecule has 0 saturated carbocycles. The number of hydrogen-bond acceptors (Lipinski definition) is 4.